The lowest BCUT2D eigenvalue weighted by Crippen LogP contribution is -2.41. The quantitative estimate of drug-likeness (QED) is 0.867. The van der Waals surface area contributed by atoms with E-state index in [1.165, 1.54) is 0 Å². The molecule has 1 heterocycles. The van der Waals surface area contributed by atoms with Gasteiger partial charge in [-0.15, -0.1) is 0 Å². The Morgan fingerprint density at radius 2 is 2.41 bits per heavy atom. The molecule has 0 radical (unpaired) electrons. The van der Waals surface area contributed by atoms with E-state index >= 15 is 0 Å². The molecule has 0 bridgehead atoms. The van der Waals surface area contributed by atoms with Crippen LogP contribution in [0, 0.1) is 0 Å². The fraction of sp³-hybridized carbons (Fsp3) is 0.462. The molecule has 2 N–H and O–H groups in total. The summed E-state index contributed by atoms with van der Waals surface area (Å²) < 4.78 is 0. The molecule has 1 aliphatic rings. The Balaban J connectivity index is 1.96. The third-order valence-electron chi connectivity index (χ3n) is 3.08. The van der Waals surface area contributed by atoms with Gasteiger partial charge in [-0.1, -0.05) is 23.7 Å². The number of benzene rings is 1. The molecular formula is C13H17ClN2O. The van der Waals surface area contributed by atoms with Crippen molar-refractivity contribution in [1.29, 1.82) is 0 Å². The summed E-state index contributed by atoms with van der Waals surface area (Å²) in [6.45, 7) is 2.90. The Labute approximate surface area is 107 Å². The minimum absolute atomic E-state index is 0.0106. The molecule has 1 aliphatic heterocycles. The van der Waals surface area contributed by atoms with Crippen LogP contribution in [0.15, 0.2) is 24.3 Å². The van der Waals surface area contributed by atoms with Crippen molar-refractivity contribution in [3.8, 4) is 0 Å². The van der Waals surface area contributed by atoms with Crippen LogP contribution in [0.4, 0.5) is 0 Å². The van der Waals surface area contributed by atoms with Gasteiger partial charge in [0, 0.05) is 5.02 Å². The molecule has 2 atom stereocenters. The lowest BCUT2D eigenvalue weighted by molar-refractivity contribution is -0.123. The highest BCUT2D eigenvalue weighted by Gasteiger charge is 2.23. The second-order valence-corrected chi connectivity index (χ2v) is 4.87. The predicted octanol–water partition coefficient (Wildman–Crippen LogP) is 2.27. The van der Waals surface area contributed by atoms with Gasteiger partial charge in [0.15, 0.2) is 0 Å². The normalized spacial score (nSPS) is 21.2. The molecular weight excluding hydrogens is 236 g/mol. The number of carbonyl (C=O) groups is 1. The second-order valence-electron chi connectivity index (χ2n) is 4.43. The molecule has 1 amide bonds. The number of carbonyl (C=O) groups excluding carboxylic acids is 1. The van der Waals surface area contributed by atoms with Gasteiger partial charge < -0.3 is 10.6 Å². The van der Waals surface area contributed by atoms with Gasteiger partial charge in [0.25, 0.3) is 0 Å². The van der Waals surface area contributed by atoms with E-state index in [4.69, 9.17) is 11.6 Å². The fourth-order valence-corrected chi connectivity index (χ4v) is 2.28. The van der Waals surface area contributed by atoms with Crippen molar-refractivity contribution >= 4 is 17.5 Å². The second kappa shape index (κ2) is 5.52. The summed E-state index contributed by atoms with van der Waals surface area (Å²) >= 11 is 5.93. The summed E-state index contributed by atoms with van der Waals surface area (Å²) in [6, 6.07) is 7.54. The molecule has 1 aromatic carbocycles. The molecule has 1 saturated heterocycles. The van der Waals surface area contributed by atoms with Crippen LogP contribution in [-0.2, 0) is 4.79 Å². The number of nitrogens with one attached hydrogen (secondary N) is 2. The van der Waals surface area contributed by atoms with E-state index in [9.17, 15) is 4.79 Å². The highest BCUT2D eigenvalue weighted by atomic mass is 35.5. The molecule has 17 heavy (non-hydrogen) atoms. The van der Waals surface area contributed by atoms with E-state index in [0.717, 1.165) is 24.9 Å². The monoisotopic (exact) mass is 252 g/mol. The van der Waals surface area contributed by atoms with Crippen LogP contribution < -0.4 is 10.6 Å². The molecule has 0 saturated carbocycles. The van der Waals surface area contributed by atoms with Crippen LogP contribution in [0.25, 0.3) is 0 Å². The first-order chi connectivity index (χ1) is 8.16. The summed E-state index contributed by atoms with van der Waals surface area (Å²) in [5.41, 5.74) is 1.03. The summed E-state index contributed by atoms with van der Waals surface area (Å²) in [5, 5.41) is 6.89. The lowest BCUT2D eigenvalue weighted by atomic mass is 10.1. The van der Waals surface area contributed by atoms with Gasteiger partial charge in [0.05, 0.1) is 12.1 Å². The molecule has 92 valence electrons. The highest BCUT2D eigenvalue weighted by molar-refractivity contribution is 6.30. The minimum Gasteiger partial charge on any atom is -0.348 e. The zero-order valence-electron chi connectivity index (χ0n) is 9.87. The molecule has 0 aliphatic carbocycles. The van der Waals surface area contributed by atoms with E-state index in [-0.39, 0.29) is 18.0 Å². The maximum absolute atomic E-state index is 11.9. The molecule has 3 nitrogen and oxygen atoms in total. The maximum Gasteiger partial charge on any atom is 0.237 e. The largest absolute Gasteiger partial charge is 0.348 e. The first kappa shape index (κ1) is 12.4. The van der Waals surface area contributed by atoms with Gasteiger partial charge in [-0.25, -0.2) is 0 Å². The van der Waals surface area contributed by atoms with Crippen molar-refractivity contribution in [2.75, 3.05) is 6.54 Å². The Morgan fingerprint density at radius 1 is 1.59 bits per heavy atom. The van der Waals surface area contributed by atoms with E-state index in [0.29, 0.717) is 5.02 Å². The standard InChI is InChI=1S/C13H17ClN2O/c1-9(10-4-2-5-11(14)8-10)16-13(17)12-6-3-7-15-12/h2,4-5,8-9,12,15H,3,6-7H2,1H3,(H,16,17). The first-order valence-corrected chi connectivity index (χ1v) is 6.34. The molecule has 2 rings (SSSR count). The van der Waals surface area contributed by atoms with Gasteiger partial charge in [0.2, 0.25) is 5.91 Å². The van der Waals surface area contributed by atoms with E-state index in [2.05, 4.69) is 10.6 Å². The van der Waals surface area contributed by atoms with Gasteiger partial charge in [-0.2, -0.15) is 0 Å². The van der Waals surface area contributed by atoms with E-state index < -0.39 is 0 Å². The Morgan fingerprint density at radius 3 is 3.06 bits per heavy atom. The zero-order chi connectivity index (χ0) is 12.3. The van der Waals surface area contributed by atoms with Crippen molar-refractivity contribution < 1.29 is 4.79 Å². The summed E-state index contributed by atoms with van der Waals surface area (Å²) in [4.78, 5) is 11.9. The molecule has 4 heteroatoms. The Kier molecular flexibility index (Phi) is 4.02. The smallest absolute Gasteiger partial charge is 0.237 e. The number of halogens is 1. The van der Waals surface area contributed by atoms with Gasteiger partial charge in [0.1, 0.15) is 0 Å². The third-order valence-corrected chi connectivity index (χ3v) is 3.32. The number of amides is 1. The Hall–Kier alpha value is -1.06. The average molecular weight is 253 g/mol. The SMILES string of the molecule is CC(NC(=O)C1CCCN1)c1cccc(Cl)c1. The van der Waals surface area contributed by atoms with Crippen LogP contribution in [-0.4, -0.2) is 18.5 Å². The average Bonchev–Trinajstić information content (AvgIpc) is 2.82. The van der Waals surface area contributed by atoms with Crippen molar-refractivity contribution in [1.82, 2.24) is 10.6 Å². The number of hydrogen-bond donors (Lipinski definition) is 2. The van der Waals surface area contributed by atoms with Crippen LogP contribution in [0.2, 0.25) is 5.02 Å². The van der Waals surface area contributed by atoms with Gasteiger partial charge in [-0.3, -0.25) is 4.79 Å². The summed E-state index contributed by atoms with van der Waals surface area (Å²) in [5.74, 6) is 0.0787. The molecule has 1 aromatic rings. The topological polar surface area (TPSA) is 41.1 Å². The van der Waals surface area contributed by atoms with Crippen LogP contribution >= 0.6 is 11.6 Å². The molecule has 0 spiro atoms. The molecule has 0 aromatic heterocycles. The lowest BCUT2D eigenvalue weighted by Gasteiger charge is -2.17. The van der Waals surface area contributed by atoms with Crippen LogP contribution in [0.3, 0.4) is 0 Å². The zero-order valence-corrected chi connectivity index (χ0v) is 10.6. The summed E-state index contributed by atoms with van der Waals surface area (Å²) in [6.07, 6.45) is 2.00. The Bertz CT molecular complexity index is 402. The number of hydrogen-bond acceptors (Lipinski definition) is 2. The van der Waals surface area contributed by atoms with Crippen molar-refractivity contribution in [3.05, 3.63) is 34.9 Å². The minimum atomic E-state index is -0.0309. The summed E-state index contributed by atoms with van der Waals surface area (Å²) in [7, 11) is 0. The number of rotatable bonds is 3. The highest BCUT2D eigenvalue weighted by Crippen LogP contribution is 2.17. The molecule has 2 unspecified atom stereocenters. The van der Waals surface area contributed by atoms with E-state index in [1.807, 2.05) is 31.2 Å². The van der Waals surface area contributed by atoms with Gasteiger partial charge in [-0.05, 0) is 44.0 Å². The van der Waals surface area contributed by atoms with E-state index in [1.54, 1.807) is 0 Å². The van der Waals surface area contributed by atoms with Crippen molar-refractivity contribution in [3.63, 3.8) is 0 Å². The maximum atomic E-state index is 11.9. The third kappa shape index (κ3) is 3.20. The van der Waals surface area contributed by atoms with Crippen molar-refractivity contribution in [2.45, 2.75) is 31.8 Å². The van der Waals surface area contributed by atoms with Crippen molar-refractivity contribution in [2.24, 2.45) is 0 Å². The van der Waals surface area contributed by atoms with Gasteiger partial charge >= 0.3 is 0 Å². The van der Waals surface area contributed by atoms with Crippen LogP contribution in [0.5, 0.6) is 0 Å². The predicted molar refractivity (Wildman–Crippen MR) is 69.0 cm³/mol. The fourth-order valence-electron chi connectivity index (χ4n) is 2.08. The first-order valence-electron chi connectivity index (χ1n) is 5.96. The van der Waals surface area contributed by atoms with Crippen LogP contribution in [0.1, 0.15) is 31.4 Å². The molecule has 1 fully saturated rings.